The Kier molecular flexibility index (Phi) is 5.02. The van der Waals surface area contributed by atoms with Crippen LogP contribution in [0, 0.1) is 0 Å². The number of anilines is 1. The highest BCUT2D eigenvalue weighted by molar-refractivity contribution is 6.30. The molecule has 0 fully saturated rings. The van der Waals surface area contributed by atoms with E-state index in [-0.39, 0.29) is 17.3 Å². The van der Waals surface area contributed by atoms with E-state index in [0.717, 1.165) is 12.1 Å². The van der Waals surface area contributed by atoms with E-state index < -0.39 is 23.8 Å². The number of rotatable bonds is 5. The summed E-state index contributed by atoms with van der Waals surface area (Å²) in [7, 11) is 1.25. The Bertz CT molecular complexity index is 465. The van der Waals surface area contributed by atoms with Crippen molar-refractivity contribution in [1.82, 2.24) is 0 Å². The predicted octanol–water partition coefficient (Wildman–Crippen LogP) is 2.87. The van der Waals surface area contributed by atoms with Crippen molar-refractivity contribution < 1.29 is 27.8 Å². The van der Waals surface area contributed by atoms with Crippen LogP contribution in [0.15, 0.2) is 18.2 Å². The molecule has 2 N–H and O–H groups in total. The van der Waals surface area contributed by atoms with Gasteiger partial charge in [0.05, 0.1) is 12.2 Å². The van der Waals surface area contributed by atoms with Crippen LogP contribution in [-0.4, -0.2) is 30.8 Å². The van der Waals surface area contributed by atoms with Gasteiger partial charge in [-0.25, -0.2) is 4.79 Å². The van der Waals surface area contributed by atoms with Crippen LogP contribution in [0.3, 0.4) is 0 Å². The third kappa shape index (κ3) is 4.29. The molecule has 0 radical (unpaired) electrons. The molecule has 0 heterocycles. The fourth-order valence-electron chi connectivity index (χ4n) is 1.41. The summed E-state index contributed by atoms with van der Waals surface area (Å²) in [6, 6.07) is 1.77. The molecule has 19 heavy (non-hydrogen) atoms. The van der Waals surface area contributed by atoms with Crippen LogP contribution in [0.2, 0.25) is 5.02 Å². The van der Waals surface area contributed by atoms with E-state index in [1.165, 1.54) is 13.2 Å². The monoisotopic (exact) mass is 297 g/mol. The smallest absolute Gasteiger partial charge is 0.418 e. The minimum absolute atomic E-state index is 0.0866. The minimum atomic E-state index is -4.64. The normalized spacial score (nSPS) is 13.1. The van der Waals surface area contributed by atoms with Gasteiger partial charge in [0.15, 0.2) is 0 Å². The molecule has 106 valence electrons. The standard InChI is InChI=1S/C11H11ClF3NO3/c1-19-5-9(10(17)18)16-8-3-2-6(12)4-7(8)11(13,14)15/h2-4,9,16H,5H2,1H3,(H,17,18). The molecule has 0 saturated carbocycles. The molecule has 1 aromatic carbocycles. The Morgan fingerprint density at radius 1 is 1.53 bits per heavy atom. The molecule has 0 saturated heterocycles. The van der Waals surface area contributed by atoms with Crippen molar-refractivity contribution in [2.45, 2.75) is 12.2 Å². The van der Waals surface area contributed by atoms with Crippen molar-refractivity contribution in [3.8, 4) is 0 Å². The first-order valence-corrected chi connectivity index (χ1v) is 5.48. The summed E-state index contributed by atoms with van der Waals surface area (Å²) in [6.45, 7) is -0.269. The lowest BCUT2D eigenvalue weighted by Gasteiger charge is -2.19. The lowest BCUT2D eigenvalue weighted by atomic mass is 10.1. The molecule has 1 rings (SSSR count). The summed E-state index contributed by atoms with van der Waals surface area (Å²) < 4.78 is 43.0. The zero-order valence-electron chi connectivity index (χ0n) is 9.79. The molecule has 0 spiro atoms. The zero-order valence-corrected chi connectivity index (χ0v) is 10.5. The van der Waals surface area contributed by atoms with Gasteiger partial charge in [0.25, 0.3) is 0 Å². The Hall–Kier alpha value is -1.47. The van der Waals surface area contributed by atoms with E-state index in [2.05, 4.69) is 10.1 Å². The molecule has 1 aromatic rings. The number of alkyl halides is 3. The van der Waals surface area contributed by atoms with Crippen LogP contribution in [0.25, 0.3) is 0 Å². The van der Waals surface area contributed by atoms with Crippen LogP contribution in [0.4, 0.5) is 18.9 Å². The van der Waals surface area contributed by atoms with Gasteiger partial charge in [0.1, 0.15) is 6.04 Å². The summed E-state index contributed by atoms with van der Waals surface area (Å²) in [5.74, 6) is -1.31. The fourth-order valence-corrected chi connectivity index (χ4v) is 1.58. The molecule has 0 aliphatic heterocycles. The number of carboxylic acids is 1. The Labute approximate surface area is 112 Å². The van der Waals surface area contributed by atoms with Gasteiger partial charge in [-0.2, -0.15) is 13.2 Å². The highest BCUT2D eigenvalue weighted by Gasteiger charge is 2.34. The molecule has 0 aliphatic carbocycles. The van der Waals surface area contributed by atoms with Gasteiger partial charge in [-0.3, -0.25) is 0 Å². The highest BCUT2D eigenvalue weighted by Crippen LogP contribution is 2.36. The minimum Gasteiger partial charge on any atom is -0.480 e. The lowest BCUT2D eigenvalue weighted by molar-refractivity contribution is -0.140. The molecule has 1 unspecified atom stereocenters. The van der Waals surface area contributed by atoms with Gasteiger partial charge in [0.2, 0.25) is 0 Å². The average molecular weight is 298 g/mol. The van der Waals surface area contributed by atoms with E-state index in [0.29, 0.717) is 0 Å². The van der Waals surface area contributed by atoms with Crippen LogP contribution < -0.4 is 5.32 Å². The van der Waals surface area contributed by atoms with Crippen molar-refractivity contribution in [2.75, 3.05) is 19.0 Å². The van der Waals surface area contributed by atoms with Gasteiger partial charge < -0.3 is 15.2 Å². The van der Waals surface area contributed by atoms with Crippen molar-refractivity contribution in [3.63, 3.8) is 0 Å². The second-order valence-corrected chi connectivity index (χ2v) is 4.11. The van der Waals surface area contributed by atoms with Crippen LogP contribution >= 0.6 is 11.6 Å². The molecule has 0 aliphatic rings. The van der Waals surface area contributed by atoms with E-state index >= 15 is 0 Å². The molecule has 0 amide bonds. The molecular formula is C11H11ClF3NO3. The fraction of sp³-hybridized carbons (Fsp3) is 0.364. The number of methoxy groups -OCH3 is 1. The summed E-state index contributed by atoms with van der Waals surface area (Å²) in [6.07, 6.45) is -4.64. The summed E-state index contributed by atoms with van der Waals surface area (Å²) in [4.78, 5) is 10.9. The van der Waals surface area contributed by atoms with Gasteiger partial charge in [-0.1, -0.05) is 11.6 Å². The first-order valence-electron chi connectivity index (χ1n) is 5.10. The molecule has 1 atom stereocenters. The van der Waals surface area contributed by atoms with Gasteiger partial charge >= 0.3 is 12.1 Å². The maximum Gasteiger partial charge on any atom is 0.418 e. The topological polar surface area (TPSA) is 58.6 Å². The van der Waals surface area contributed by atoms with Crippen molar-refractivity contribution in [3.05, 3.63) is 28.8 Å². The molecular weight excluding hydrogens is 287 g/mol. The number of carboxylic acid groups (broad SMARTS) is 1. The number of halogens is 4. The number of nitrogens with one attached hydrogen (secondary N) is 1. The quantitative estimate of drug-likeness (QED) is 0.877. The third-order valence-electron chi connectivity index (χ3n) is 2.25. The van der Waals surface area contributed by atoms with Gasteiger partial charge in [-0.15, -0.1) is 0 Å². The van der Waals surface area contributed by atoms with E-state index in [4.69, 9.17) is 16.7 Å². The van der Waals surface area contributed by atoms with E-state index in [1.54, 1.807) is 0 Å². The summed E-state index contributed by atoms with van der Waals surface area (Å²) in [5, 5.41) is 11.1. The largest absolute Gasteiger partial charge is 0.480 e. The molecule has 8 heteroatoms. The molecule has 0 bridgehead atoms. The number of aliphatic carboxylic acids is 1. The first kappa shape index (κ1) is 15.6. The Morgan fingerprint density at radius 3 is 2.63 bits per heavy atom. The van der Waals surface area contributed by atoms with Crippen LogP contribution in [0.1, 0.15) is 5.56 Å². The maximum absolute atomic E-state index is 12.8. The lowest BCUT2D eigenvalue weighted by Crippen LogP contribution is -2.34. The number of benzene rings is 1. The number of carbonyl (C=O) groups is 1. The van der Waals surface area contributed by atoms with E-state index in [9.17, 15) is 18.0 Å². The van der Waals surface area contributed by atoms with Crippen LogP contribution in [0.5, 0.6) is 0 Å². The zero-order chi connectivity index (χ0) is 14.6. The molecule has 4 nitrogen and oxygen atoms in total. The summed E-state index contributed by atoms with van der Waals surface area (Å²) in [5.41, 5.74) is -1.39. The Morgan fingerprint density at radius 2 is 2.16 bits per heavy atom. The van der Waals surface area contributed by atoms with Gasteiger partial charge in [0, 0.05) is 17.8 Å². The number of hydrogen-bond acceptors (Lipinski definition) is 3. The second kappa shape index (κ2) is 6.12. The van der Waals surface area contributed by atoms with Crippen molar-refractivity contribution in [2.24, 2.45) is 0 Å². The Balaban J connectivity index is 3.09. The predicted molar refractivity (Wildman–Crippen MR) is 63.4 cm³/mol. The maximum atomic E-state index is 12.8. The third-order valence-corrected chi connectivity index (χ3v) is 2.48. The highest BCUT2D eigenvalue weighted by atomic mass is 35.5. The molecule has 0 aromatic heterocycles. The second-order valence-electron chi connectivity index (χ2n) is 3.68. The van der Waals surface area contributed by atoms with Crippen LogP contribution in [-0.2, 0) is 15.7 Å². The number of ether oxygens (including phenoxy) is 1. The van der Waals surface area contributed by atoms with Gasteiger partial charge in [-0.05, 0) is 18.2 Å². The number of hydrogen-bond donors (Lipinski definition) is 2. The SMILES string of the molecule is COCC(Nc1ccc(Cl)cc1C(F)(F)F)C(=O)O. The van der Waals surface area contributed by atoms with Crippen molar-refractivity contribution in [1.29, 1.82) is 0 Å². The average Bonchev–Trinajstić information content (AvgIpc) is 2.29. The summed E-state index contributed by atoms with van der Waals surface area (Å²) >= 11 is 5.51. The van der Waals surface area contributed by atoms with E-state index in [1.807, 2.05) is 0 Å². The van der Waals surface area contributed by atoms with Crippen molar-refractivity contribution >= 4 is 23.3 Å². The first-order chi connectivity index (χ1) is 8.75.